The van der Waals surface area contributed by atoms with Crippen molar-refractivity contribution in [2.24, 2.45) is 0 Å². The summed E-state index contributed by atoms with van der Waals surface area (Å²) in [7, 11) is 0. The quantitative estimate of drug-likeness (QED) is 0.863. The molecule has 2 heterocycles. The van der Waals surface area contributed by atoms with Crippen molar-refractivity contribution in [3.8, 4) is 0 Å². The van der Waals surface area contributed by atoms with Crippen molar-refractivity contribution in [2.45, 2.75) is 65.1 Å². The van der Waals surface area contributed by atoms with Gasteiger partial charge in [-0.3, -0.25) is 9.88 Å². The van der Waals surface area contributed by atoms with Crippen LogP contribution in [0.15, 0.2) is 18.3 Å². The van der Waals surface area contributed by atoms with Gasteiger partial charge in [-0.1, -0.05) is 32.8 Å². The Hall–Kier alpha value is -0.930. The van der Waals surface area contributed by atoms with Gasteiger partial charge in [-0.05, 0) is 44.0 Å². The van der Waals surface area contributed by atoms with E-state index in [1.165, 1.54) is 49.9 Å². The zero-order valence-corrected chi connectivity index (χ0v) is 13.1. The van der Waals surface area contributed by atoms with E-state index in [-0.39, 0.29) is 0 Å². The van der Waals surface area contributed by atoms with Crippen molar-refractivity contribution in [1.82, 2.24) is 15.2 Å². The number of nitrogens with one attached hydrogen (secondary N) is 1. The molecule has 3 heteroatoms. The summed E-state index contributed by atoms with van der Waals surface area (Å²) >= 11 is 0. The summed E-state index contributed by atoms with van der Waals surface area (Å²) in [6.45, 7) is 8.63. The first kappa shape index (κ1) is 15.5. The molecule has 112 valence electrons. The zero-order valence-electron chi connectivity index (χ0n) is 13.1. The van der Waals surface area contributed by atoms with Gasteiger partial charge in [0.1, 0.15) is 0 Å². The number of hydrogen-bond acceptors (Lipinski definition) is 3. The monoisotopic (exact) mass is 275 g/mol. The molecule has 1 aromatic heterocycles. The van der Waals surface area contributed by atoms with E-state index >= 15 is 0 Å². The van der Waals surface area contributed by atoms with Crippen molar-refractivity contribution in [3.63, 3.8) is 0 Å². The van der Waals surface area contributed by atoms with Gasteiger partial charge in [-0.25, -0.2) is 0 Å². The van der Waals surface area contributed by atoms with Crippen LogP contribution < -0.4 is 5.32 Å². The lowest BCUT2D eigenvalue weighted by atomic mass is 10.1. The van der Waals surface area contributed by atoms with E-state index in [9.17, 15) is 0 Å². The fraction of sp³-hybridized carbons (Fsp3) is 0.706. The maximum Gasteiger partial charge on any atom is 0.0544 e. The van der Waals surface area contributed by atoms with E-state index < -0.39 is 0 Å². The maximum absolute atomic E-state index is 4.64. The van der Waals surface area contributed by atoms with Crippen LogP contribution in [0.5, 0.6) is 0 Å². The average molecular weight is 275 g/mol. The summed E-state index contributed by atoms with van der Waals surface area (Å²) in [6, 6.07) is 5.16. The highest BCUT2D eigenvalue weighted by atomic mass is 15.2. The van der Waals surface area contributed by atoms with Crippen molar-refractivity contribution in [3.05, 3.63) is 29.6 Å². The SMILES string of the molecule is CCNCc1ccc(CN2CCCCCC2CC)nc1. The van der Waals surface area contributed by atoms with Gasteiger partial charge >= 0.3 is 0 Å². The van der Waals surface area contributed by atoms with Gasteiger partial charge in [0.2, 0.25) is 0 Å². The van der Waals surface area contributed by atoms with Crippen LogP contribution in [0.4, 0.5) is 0 Å². The minimum Gasteiger partial charge on any atom is -0.313 e. The third-order valence-electron chi connectivity index (χ3n) is 4.30. The molecule has 1 saturated heterocycles. The Balaban J connectivity index is 1.93. The number of pyridine rings is 1. The topological polar surface area (TPSA) is 28.2 Å². The number of rotatable bonds is 6. The molecule has 1 N–H and O–H groups in total. The molecule has 0 bridgehead atoms. The summed E-state index contributed by atoms with van der Waals surface area (Å²) in [4.78, 5) is 7.28. The van der Waals surface area contributed by atoms with Crippen LogP contribution in [0.25, 0.3) is 0 Å². The van der Waals surface area contributed by atoms with Crippen molar-refractivity contribution >= 4 is 0 Å². The largest absolute Gasteiger partial charge is 0.313 e. The van der Waals surface area contributed by atoms with Crippen LogP contribution in [0.1, 0.15) is 57.2 Å². The Kier molecular flexibility index (Phi) is 6.48. The van der Waals surface area contributed by atoms with Gasteiger partial charge in [0, 0.05) is 25.3 Å². The predicted molar refractivity (Wildman–Crippen MR) is 84.6 cm³/mol. The average Bonchev–Trinajstić information content (AvgIpc) is 2.71. The first-order valence-corrected chi connectivity index (χ1v) is 8.22. The summed E-state index contributed by atoms with van der Waals surface area (Å²) in [5.41, 5.74) is 2.49. The lowest BCUT2D eigenvalue weighted by Gasteiger charge is -2.28. The fourth-order valence-corrected chi connectivity index (χ4v) is 3.04. The highest BCUT2D eigenvalue weighted by molar-refractivity contribution is 5.14. The fourth-order valence-electron chi connectivity index (χ4n) is 3.04. The second-order valence-electron chi connectivity index (χ2n) is 5.82. The number of likely N-dealkylation sites (tertiary alicyclic amines) is 1. The highest BCUT2D eigenvalue weighted by Gasteiger charge is 2.19. The summed E-state index contributed by atoms with van der Waals surface area (Å²) < 4.78 is 0. The molecule has 1 atom stereocenters. The summed E-state index contributed by atoms with van der Waals surface area (Å²) in [5.74, 6) is 0. The van der Waals surface area contributed by atoms with Gasteiger partial charge in [-0.15, -0.1) is 0 Å². The van der Waals surface area contributed by atoms with Gasteiger partial charge in [0.15, 0.2) is 0 Å². The molecule has 1 aromatic rings. The molecule has 1 fully saturated rings. The molecular formula is C17H29N3. The smallest absolute Gasteiger partial charge is 0.0544 e. The van der Waals surface area contributed by atoms with Gasteiger partial charge in [-0.2, -0.15) is 0 Å². The van der Waals surface area contributed by atoms with E-state index in [0.717, 1.165) is 25.7 Å². The van der Waals surface area contributed by atoms with E-state index in [1.807, 2.05) is 6.20 Å². The Morgan fingerprint density at radius 1 is 1.25 bits per heavy atom. The van der Waals surface area contributed by atoms with Crippen LogP contribution in [0.2, 0.25) is 0 Å². The first-order chi connectivity index (χ1) is 9.83. The predicted octanol–water partition coefficient (Wildman–Crippen LogP) is 3.35. The number of nitrogens with zero attached hydrogens (tertiary/aromatic N) is 2. The Morgan fingerprint density at radius 3 is 2.85 bits per heavy atom. The van der Waals surface area contributed by atoms with Crippen LogP contribution in [-0.2, 0) is 13.1 Å². The molecule has 0 aromatic carbocycles. The molecule has 1 aliphatic heterocycles. The Bertz CT molecular complexity index is 374. The normalized spacial score (nSPS) is 20.8. The summed E-state index contributed by atoms with van der Waals surface area (Å²) in [6.07, 6.45) is 8.77. The van der Waals surface area contributed by atoms with Gasteiger partial charge < -0.3 is 5.32 Å². The second-order valence-corrected chi connectivity index (χ2v) is 5.82. The maximum atomic E-state index is 4.64. The third-order valence-corrected chi connectivity index (χ3v) is 4.30. The highest BCUT2D eigenvalue weighted by Crippen LogP contribution is 2.20. The molecule has 0 aliphatic carbocycles. The van der Waals surface area contributed by atoms with Crippen LogP contribution in [0.3, 0.4) is 0 Å². The molecule has 0 radical (unpaired) electrons. The van der Waals surface area contributed by atoms with Crippen molar-refractivity contribution < 1.29 is 0 Å². The van der Waals surface area contributed by atoms with Crippen molar-refractivity contribution in [1.29, 1.82) is 0 Å². The molecule has 1 unspecified atom stereocenters. The lowest BCUT2D eigenvalue weighted by molar-refractivity contribution is 0.184. The number of aromatic nitrogens is 1. The zero-order chi connectivity index (χ0) is 14.2. The second kappa shape index (κ2) is 8.38. The molecular weight excluding hydrogens is 246 g/mol. The minimum atomic E-state index is 0.751. The molecule has 0 spiro atoms. The summed E-state index contributed by atoms with van der Waals surface area (Å²) in [5, 5.41) is 3.34. The number of hydrogen-bond donors (Lipinski definition) is 1. The Morgan fingerprint density at radius 2 is 2.15 bits per heavy atom. The molecule has 0 amide bonds. The lowest BCUT2D eigenvalue weighted by Crippen LogP contribution is -2.34. The van der Waals surface area contributed by atoms with Crippen LogP contribution in [0, 0.1) is 0 Å². The van der Waals surface area contributed by atoms with Gasteiger partial charge in [0.05, 0.1) is 5.69 Å². The third kappa shape index (κ3) is 4.57. The minimum absolute atomic E-state index is 0.751. The molecule has 20 heavy (non-hydrogen) atoms. The molecule has 1 aliphatic rings. The van der Waals surface area contributed by atoms with E-state index in [0.29, 0.717) is 0 Å². The van der Waals surface area contributed by atoms with E-state index in [4.69, 9.17) is 0 Å². The molecule has 3 nitrogen and oxygen atoms in total. The van der Waals surface area contributed by atoms with Gasteiger partial charge in [0.25, 0.3) is 0 Å². The molecule has 2 rings (SSSR count). The van der Waals surface area contributed by atoms with E-state index in [2.05, 4.69) is 41.2 Å². The molecule has 0 saturated carbocycles. The van der Waals surface area contributed by atoms with Crippen molar-refractivity contribution in [2.75, 3.05) is 13.1 Å². The standard InChI is InChI=1S/C17H29N3/c1-3-17-8-6-5-7-11-20(17)14-16-10-9-15(13-19-16)12-18-4-2/h9-10,13,17-18H,3-8,11-12,14H2,1-2H3. The van der Waals surface area contributed by atoms with E-state index in [1.54, 1.807) is 0 Å². The Labute approximate surface area is 123 Å². The van der Waals surface area contributed by atoms with Crippen LogP contribution in [-0.4, -0.2) is 29.0 Å². The van der Waals surface area contributed by atoms with Crippen LogP contribution >= 0.6 is 0 Å². The first-order valence-electron chi connectivity index (χ1n) is 8.22.